The lowest BCUT2D eigenvalue weighted by molar-refractivity contribution is -0.139. The van der Waals surface area contributed by atoms with Gasteiger partial charge in [0.05, 0.1) is 0 Å². The molecule has 20 heavy (non-hydrogen) atoms. The van der Waals surface area contributed by atoms with Crippen molar-refractivity contribution in [2.75, 3.05) is 6.61 Å². The topological polar surface area (TPSA) is 87.0 Å². The van der Waals surface area contributed by atoms with Crippen LogP contribution in [0.15, 0.2) is 60.7 Å². The molecule has 0 unspecified atom stereocenters. The zero-order valence-corrected chi connectivity index (χ0v) is 10.7. The number of rotatable bonds is 4. The van der Waals surface area contributed by atoms with Crippen molar-refractivity contribution in [3.8, 4) is 5.75 Å². The highest BCUT2D eigenvalue weighted by Gasteiger charge is 2.07. The van der Waals surface area contributed by atoms with E-state index in [1.165, 1.54) is 0 Å². The summed E-state index contributed by atoms with van der Waals surface area (Å²) in [5.41, 5.74) is 0.525. The molecule has 0 aliphatic rings. The lowest BCUT2D eigenvalue weighted by atomic mass is 9.81. The number of hydrogen-bond donors (Lipinski definition) is 3. The number of aliphatic carboxylic acids is 1. The van der Waals surface area contributed by atoms with Gasteiger partial charge in [-0.1, -0.05) is 48.5 Å². The van der Waals surface area contributed by atoms with Crippen molar-refractivity contribution in [1.82, 2.24) is 0 Å². The SMILES string of the molecule is O=C(O)COc1ccccc1.OB(O)c1ccccc1. The van der Waals surface area contributed by atoms with Crippen molar-refractivity contribution >= 4 is 18.6 Å². The van der Waals surface area contributed by atoms with Gasteiger partial charge in [0.25, 0.3) is 0 Å². The molecule has 0 atom stereocenters. The molecule has 2 aromatic rings. The summed E-state index contributed by atoms with van der Waals surface area (Å²) in [6, 6.07) is 17.5. The van der Waals surface area contributed by atoms with E-state index >= 15 is 0 Å². The van der Waals surface area contributed by atoms with Crippen LogP contribution >= 0.6 is 0 Å². The van der Waals surface area contributed by atoms with Crippen LogP contribution in [0.2, 0.25) is 0 Å². The fourth-order valence-electron chi connectivity index (χ4n) is 1.29. The summed E-state index contributed by atoms with van der Waals surface area (Å²) in [6.07, 6.45) is 0. The van der Waals surface area contributed by atoms with E-state index in [2.05, 4.69) is 0 Å². The molecule has 0 radical (unpaired) electrons. The van der Waals surface area contributed by atoms with Crippen molar-refractivity contribution in [1.29, 1.82) is 0 Å². The zero-order valence-electron chi connectivity index (χ0n) is 10.7. The Morgan fingerprint density at radius 1 is 0.950 bits per heavy atom. The first-order valence-electron chi connectivity index (χ1n) is 5.90. The molecule has 2 rings (SSSR count). The summed E-state index contributed by atoms with van der Waals surface area (Å²) in [5.74, 6) is -0.385. The van der Waals surface area contributed by atoms with Gasteiger partial charge >= 0.3 is 13.1 Å². The predicted octanol–water partition coefficient (Wildman–Crippen LogP) is 0.516. The smallest absolute Gasteiger partial charge is 0.482 e. The first kappa shape index (κ1) is 15.8. The lowest BCUT2D eigenvalue weighted by Gasteiger charge is -2.00. The molecule has 0 saturated carbocycles. The molecule has 0 heterocycles. The van der Waals surface area contributed by atoms with E-state index in [4.69, 9.17) is 19.9 Å². The molecule has 0 aliphatic heterocycles. The maximum atomic E-state index is 10.0. The fourth-order valence-corrected chi connectivity index (χ4v) is 1.29. The Balaban J connectivity index is 0.000000204. The highest BCUT2D eigenvalue weighted by molar-refractivity contribution is 6.58. The first-order chi connectivity index (χ1) is 9.59. The van der Waals surface area contributed by atoms with Gasteiger partial charge < -0.3 is 19.9 Å². The molecule has 3 N–H and O–H groups in total. The third kappa shape index (κ3) is 6.58. The molecule has 0 aromatic heterocycles. The molecule has 5 nitrogen and oxygen atoms in total. The Bertz CT molecular complexity index is 501. The molecule has 0 bridgehead atoms. The van der Waals surface area contributed by atoms with Crippen LogP contribution in [-0.2, 0) is 4.79 Å². The molecule has 6 heteroatoms. The van der Waals surface area contributed by atoms with E-state index in [1.807, 2.05) is 12.1 Å². The summed E-state index contributed by atoms with van der Waals surface area (Å²) in [4.78, 5) is 10.0. The van der Waals surface area contributed by atoms with E-state index in [0.29, 0.717) is 11.2 Å². The Kier molecular flexibility index (Phi) is 6.88. The monoisotopic (exact) mass is 274 g/mol. The number of carbonyl (C=O) groups is 1. The van der Waals surface area contributed by atoms with Crippen molar-refractivity contribution in [2.24, 2.45) is 0 Å². The summed E-state index contributed by atoms with van der Waals surface area (Å²) in [7, 11) is -1.34. The first-order valence-corrected chi connectivity index (χ1v) is 5.90. The zero-order chi connectivity index (χ0) is 14.8. The number of para-hydroxylation sites is 1. The summed E-state index contributed by atoms with van der Waals surface area (Å²) in [6.45, 7) is -0.288. The quantitative estimate of drug-likeness (QED) is 0.707. The van der Waals surface area contributed by atoms with Gasteiger partial charge in [-0.2, -0.15) is 0 Å². The van der Waals surface area contributed by atoms with Crippen LogP contribution in [-0.4, -0.2) is 34.8 Å². The molecule has 0 fully saturated rings. The Morgan fingerprint density at radius 3 is 1.85 bits per heavy atom. The van der Waals surface area contributed by atoms with E-state index in [0.717, 1.165) is 0 Å². The van der Waals surface area contributed by atoms with Crippen molar-refractivity contribution in [3.63, 3.8) is 0 Å². The normalized spacial score (nSPS) is 9.10. The van der Waals surface area contributed by atoms with Gasteiger partial charge in [-0.05, 0) is 17.6 Å². The molecule has 2 aromatic carbocycles. The molecule has 0 saturated heterocycles. The van der Waals surface area contributed by atoms with Crippen molar-refractivity contribution in [2.45, 2.75) is 0 Å². The van der Waals surface area contributed by atoms with Crippen molar-refractivity contribution in [3.05, 3.63) is 60.7 Å². The lowest BCUT2D eigenvalue weighted by Crippen LogP contribution is -2.29. The molecule has 0 amide bonds. The van der Waals surface area contributed by atoms with Gasteiger partial charge in [-0.15, -0.1) is 0 Å². The number of ether oxygens (including phenoxy) is 1. The van der Waals surface area contributed by atoms with Crippen LogP contribution in [0.25, 0.3) is 0 Å². The second kappa shape index (κ2) is 8.74. The number of carboxylic acid groups (broad SMARTS) is 1. The molecular formula is C14H15BO5. The standard InChI is InChI=1S/C8H8O3.C6H7BO2/c9-8(10)6-11-7-4-2-1-3-5-7;8-7(9)6-4-2-1-3-5-6/h1-5H,6H2,(H,9,10);1-5,8-9H. The third-order valence-corrected chi connectivity index (χ3v) is 2.20. The minimum atomic E-state index is -1.34. The van der Waals surface area contributed by atoms with Crippen LogP contribution in [0.1, 0.15) is 0 Å². The third-order valence-electron chi connectivity index (χ3n) is 2.20. The maximum absolute atomic E-state index is 10.0. The van der Waals surface area contributed by atoms with Crippen LogP contribution in [0.4, 0.5) is 0 Å². The Labute approximate surface area is 117 Å². The van der Waals surface area contributed by atoms with E-state index in [-0.39, 0.29) is 6.61 Å². The van der Waals surface area contributed by atoms with E-state index in [9.17, 15) is 4.79 Å². The second-order valence-corrected chi connectivity index (χ2v) is 3.78. The largest absolute Gasteiger partial charge is 0.488 e. The Morgan fingerprint density at radius 2 is 1.45 bits per heavy atom. The summed E-state index contributed by atoms with van der Waals surface area (Å²) < 4.78 is 4.87. The summed E-state index contributed by atoms with van der Waals surface area (Å²) >= 11 is 0. The average Bonchev–Trinajstić information content (AvgIpc) is 2.48. The average molecular weight is 274 g/mol. The van der Waals surface area contributed by atoms with Gasteiger partial charge in [-0.3, -0.25) is 0 Å². The predicted molar refractivity (Wildman–Crippen MR) is 75.8 cm³/mol. The molecule has 0 spiro atoms. The Hall–Kier alpha value is -2.31. The molecule has 104 valence electrons. The highest BCUT2D eigenvalue weighted by atomic mass is 16.5. The van der Waals surface area contributed by atoms with Crippen LogP contribution < -0.4 is 10.2 Å². The van der Waals surface area contributed by atoms with Crippen LogP contribution in [0.3, 0.4) is 0 Å². The van der Waals surface area contributed by atoms with Gasteiger partial charge in [0.2, 0.25) is 0 Å². The summed E-state index contributed by atoms with van der Waals surface area (Å²) in [5, 5.41) is 25.4. The van der Waals surface area contributed by atoms with Gasteiger partial charge in [0, 0.05) is 0 Å². The van der Waals surface area contributed by atoms with Gasteiger partial charge in [0.1, 0.15) is 5.75 Å². The van der Waals surface area contributed by atoms with Gasteiger partial charge in [-0.25, -0.2) is 4.79 Å². The second-order valence-electron chi connectivity index (χ2n) is 3.78. The maximum Gasteiger partial charge on any atom is 0.488 e. The number of hydrogen-bond acceptors (Lipinski definition) is 4. The highest BCUT2D eigenvalue weighted by Crippen LogP contribution is 2.07. The minimum absolute atomic E-state index is 0.288. The van der Waals surface area contributed by atoms with E-state index in [1.54, 1.807) is 48.5 Å². The minimum Gasteiger partial charge on any atom is -0.482 e. The van der Waals surface area contributed by atoms with Crippen molar-refractivity contribution < 1.29 is 24.7 Å². The molecular weight excluding hydrogens is 259 g/mol. The van der Waals surface area contributed by atoms with Crippen LogP contribution in [0, 0.1) is 0 Å². The van der Waals surface area contributed by atoms with Gasteiger partial charge in [0.15, 0.2) is 6.61 Å². The molecule has 0 aliphatic carbocycles. The van der Waals surface area contributed by atoms with E-state index < -0.39 is 13.1 Å². The number of benzene rings is 2. The number of carboxylic acids is 1. The fraction of sp³-hybridized carbons (Fsp3) is 0.0714. The van der Waals surface area contributed by atoms with Crippen LogP contribution in [0.5, 0.6) is 5.75 Å².